The highest BCUT2D eigenvalue weighted by molar-refractivity contribution is 5.98. The summed E-state index contributed by atoms with van der Waals surface area (Å²) in [6.07, 6.45) is 5.96. The number of hydrogen-bond acceptors (Lipinski definition) is 4. The third kappa shape index (κ3) is 6.06. The van der Waals surface area contributed by atoms with Crippen LogP contribution in [-0.2, 0) is 11.4 Å². The highest BCUT2D eigenvalue weighted by Crippen LogP contribution is 2.28. The lowest BCUT2D eigenvalue weighted by Gasteiger charge is -2.31. The van der Waals surface area contributed by atoms with Gasteiger partial charge in [0.05, 0.1) is 11.2 Å². The number of halogens is 3. The van der Waals surface area contributed by atoms with Gasteiger partial charge < -0.3 is 15.8 Å². The van der Waals surface area contributed by atoms with Crippen LogP contribution >= 0.6 is 24.8 Å². The molecule has 1 amide bonds. The van der Waals surface area contributed by atoms with E-state index in [2.05, 4.69) is 10.3 Å². The number of aromatic nitrogens is 1. The van der Waals surface area contributed by atoms with Gasteiger partial charge in [-0.25, -0.2) is 4.39 Å². The van der Waals surface area contributed by atoms with Crippen LogP contribution < -0.4 is 15.8 Å². The molecule has 1 aliphatic carbocycles. The summed E-state index contributed by atoms with van der Waals surface area (Å²) in [6, 6.07) is 9.81. The molecule has 1 heterocycles. The van der Waals surface area contributed by atoms with E-state index in [-0.39, 0.29) is 43.1 Å². The van der Waals surface area contributed by atoms with Crippen LogP contribution in [-0.4, -0.2) is 16.4 Å². The molecule has 27 heavy (non-hydrogen) atoms. The van der Waals surface area contributed by atoms with Gasteiger partial charge in [0.25, 0.3) is 0 Å². The molecular formula is C19H24Cl2FN3O2. The number of nitrogens with zero attached hydrogens (tertiary/aromatic N) is 1. The first-order valence-corrected chi connectivity index (χ1v) is 8.49. The van der Waals surface area contributed by atoms with Crippen LogP contribution in [0.15, 0.2) is 42.6 Å². The molecule has 0 bridgehead atoms. The second-order valence-corrected chi connectivity index (χ2v) is 6.43. The smallest absolute Gasteiger partial charge is 0.244 e. The summed E-state index contributed by atoms with van der Waals surface area (Å²) in [7, 11) is 0. The lowest BCUT2D eigenvalue weighted by Crippen LogP contribution is -2.52. The Morgan fingerprint density at radius 1 is 1.19 bits per heavy atom. The van der Waals surface area contributed by atoms with E-state index >= 15 is 0 Å². The number of nitrogens with one attached hydrogen (secondary N) is 1. The van der Waals surface area contributed by atoms with Gasteiger partial charge in [-0.15, -0.1) is 24.8 Å². The first-order chi connectivity index (χ1) is 12.1. The third-order valence-corrected chi connectivity index (χ3v) is 4.49. The molecule has 0 spiro atoms. The fraction of sp³-hybridized carbons (Fsp3) is 0.368. The average Bonchev–Trinajstić information content (AvgIpc) is 2.62. The minimum Gasteiger partial charge on any atom is -0.484 e. The minimum absolute atomic E-state index is 0. The summed E-state index contributed by atoms with van der Waals surface area (Å²) in [5, 5.41) is 2.72. The van der Waals surface area contributed by atoms with Crippen molar-refractivity contribution in [3.8, 4) is 5.75 Å². The van der Waals surface area contributed by atoms with E-state index in [9.17, 15) is 9.18 Å². The average molecular weight is 416 g/mol. The van der Waals surface area contributed by atoms with E-state index in [1.54, 1.807) is 24.4 Å². The van der Waals surface area contributed by atoms with Crippen molar-refractivity contribution in [1.29, 1.82) is 0 Å². The summed E-state index contributed by atoms with van der Waals surface area (Å²) in [6.45, 7) is 0.176. The molecule has 148 valence electrons. The Balaban J connectivity index is 0.00000182. The maximum atomic E-state index is 14.2. The molecule has 2 aromatic rings. The molecule has 1 aromatic heterocycles. The van der Waals surface area contributed by atoms with E-state index in [0.29, 0.717) is 24.2 Å². The molecule has 1 saturated carbocycles. The highest BCUT2D eigenvalue weighted by atomic mass is 35.5. The summed E-state index contributed by atoms with van der Waals surface area (Å²) < 4.78 is 19.7. The molecule has 3 rings (SSSR count). The van der Waals surface area contributed by atoms with E-state index in [0.717, 1.165) is 19.3 Å². The number of pyridine rings is 1. The summed E-state index contributed by atoms with van der Waals surface area (Å²) in [5.74, 6) is -0.680. The minimum atomic E-state index is -0.858. The fourth-order valence-electron chi connectivity index (χ4n) is 3.00. The number of rotatable bonds is 5. The monoisotopic (exact) mass is 415 g/mol. The Hall–Kier alpha value is -1.89. The van der Waals surface area contributed by atoms with Gasteiger partial charge in [-0.2, -0.15) is 0 Å². The number of carbonyl (C=O) groups excluding carboxylic acids is 1. The van der Waals surface area contributed by atoms with Crippen LogP contribution in [0.4, 0.5) is 10.1 Å². The van der Waals surface area contributed by atoms with E-state index in [1.807, 2.05) is 6.07 Å². The van der Waals surface area contributed by atoms with Gasteiger partial charge >= 0.3 is 0 Å². The summed E-state index contributed by atoms with van der Waals surface area (Å²) in [5.41, 5.74) is 6.42. The zero-order valence-corrected chi connectivity index (χ0v) is 16.5. The van der Waals surface area contributed by atoms with Crippen molar-refractivity contribution in [1.82, 2.24) is 4.98 Å². The van der Waals surface area contributed by atoms with Gasteiger partial charge in [0.1, 0.15) is 6.61 Å². The second-order valence-electron chi connectivity index (χ2n) is 6.43. The van der Waals surface area contributed by atoms with Crippen LogP contribution in [0.25, 0.3) is 0 Å². The van der Waals surface area contributed by atoms with Crippen LogP contribution in [0, 0.1) is 5.82 Å². The molecule has 5 nitrogen and oxygen atoms in total. The predicted octanol–water partition coefficient (Wildman–Crippen LogP) is 4.24. The number of ether oxygens (including phenoxy) is 1. The molecule has 0 radical (unpaired) electrons. The van der Waals surface area contributed by atoms with E-state index in [4.69, 9.17) is 10.5 Å². The summed E-state index contributed by atoms with van der Waals surface area (Å²) >= 11 is 0. The van der Waals surface area contributed by atoms with Crippen molar-refractivity contribution >= 4 is 36.4 Å². The summed E-state index contributed by atoms with van der Waals surface area (Å²) in [4.78, 5) is 16.5. The topological polar surface area (TPSA) is 77.2 Å². The third-order valence-electron chi connectivity index (χ3n) is 4.49. The van der Waals surface area contributed by atoms with E-state index in [1.165, 1.54) is 12.1 Å². The Morgan fingerprint density at radius 2 is 1.93 bits per heavy atom. The molecule has 3 N–H and O–H groups in total. The second kappa shape index (κ2) is 10.4. The molecule has 0 unspecified atom stereocenters. The van der Waals surface area contributed by atoms with Crippen LogP contribution in [0.5, 0.6) is 5.75 Å². The zero-order chi connectivity index (χ0) is 17.7. The van der Waals surface area contributed by atoms with Gasteiger partial charge in [-0.3, -0.25) is 9.78 Å². The Morgan fingerprint density at radius 3 is 2.56 bits per heavy atom. The van der Waals surface area contributed by atoms with Crippen molar-refractivity contribution < 1.29 is 13.9 Å². The Bertz CT molecular complexity index is 741. The maximum Gasteiger partial charge on any atom is 0.244 e. The number of amides is 1. The van der Waals surface area contributed by atoms with Crippen molar-refractivity contribution in [2.24, 2.45) is 5.73 Å². The lowest BCUT2D eigenvalue weighted by atomic mass is 9.82. The van der Waals surface area contributed by atoms with Crippen molar-refractivity contribution in [2.45, 2.75) is 44.2 Å². The quantitative estimate of drug-likeness (QED) is 0.764. The zero-order valence-electron chi connectivity index (χ0n) is 14.8. The molecule has 1 aliphatic rings. The molecule has 1 fully saturated rings. The van der Waals surface area contributed by atoms with Gasteiger partial charge in [0, 0.05) is 18.0 Å². The van der Waals surface area contributed by atoms with Crippen LogP contribution in [0.1, 0.15) is 37.8 Å². The number of carbonyl (C=O) groups is 1. The largest absolute Gasteiger partial charge is 0.484 e. The molecular weight excluding hydrogens is 392 g/mol. The molecule has 1 aromatic carbocycles. The lowest BCUT2D eigenvalue weighted by molar-refractivity contribution is -0.122. The van der Waals surface area contributed by atoms with Crippen molar-refractivity contribution in [2.75, 3.05) is 5.32 Å². The predicted molar refractivity (Wildman–Crippen MR) is 108 cm³/mol. The normalized spacial score (nSPS) is 15.0. The molecule has 0 atom stereocenters. The molecule has 8 heteroatoms. The van der Waals surface area contributed by atoms with Gasteiger partial charge in [-0.05, 0) is 37.1 Å². The number of benzene rings is 1. The Kier molecular flexibility index (Phi) is 8.96. The standard InChI is InChI=1S/C19H22FN3O2.2ClH/c20-16-12-14(23-18(24)19(21)9-3-1-4-10-19)7-8-17(16)25-13-15-6-2-5-11-22-15;;/h2,5-8,11-12H,1,3-4,9-10,13,21H2,(H,23,24);2*1H. The number of nitrogens with two attached hydrogens (primary N) is 1. The van der Waals surface area contributed by atoms with Crippen LogP contribution in [0.2, 0.25) is 0 Å². The number of hydrogen-bond donors (Lipinski definition) is 2. The van der Waals surface area contributed by atoms with Gasteiger partial charge in [-0.1, -0.05) is 25.3 Å². The highest BCUT2D eigenvalue weighted by Gasteiger charge is 2.35. The van der Waals surface area contributed by atoms with Gasteiger partial charge in [0.2, 0.25) is 5.91 Å². The first kappa shape index (κ1) is 23.1. The fourth-order valence-corrected chi connectivity index (χ4v) is 3.00. The number of anilines is 1. The molecule has 0 aliphatic heterocycles. The SMILES string of the molecule is Cl.Cl.NC1(C(=O)Nc2ccc(OCc3ccccn3)c(F)c2)CCCCC1. The molecule has 0 saturated heterocycles. The van der Waals surface area contributed by atoms with E-state index < -0.39 is 11.4 Å². The van der Waals surface area contributed by atoms with Crippen molar-refractivity contribution in [3.63, 3.8) is 0 Å². The Labute approximate surface area is 170 Å². The first-order valence-electron chi connectivity index (χ1n) is 8.49. The van der Waals surface area contributed by atoms with Gasteiger partial charge in [0.15, 0.2) is 11.6 Å². The maximum absolute atomic E-state index is 14.2. The van der Waals surface area contributed by atoms with Crippen LogP contribution in [0.3, 0.4) is 0 Å². The van der Waals surface area contributed by atoms with Crippen molar-refractivity contribution in [3.05, 3.63) is 54.1 Å².